The fourth-order valence-electron chi connectivity index (χ4n) is 4.03. The minimum atomic E-state index is -1.72. The van der Waals surface area contributed by atoms with E-state index in [9.17, 15) is 35.7 Å². The molecule has 0 aliphatic carbocycles. The highest BCUT2D eigenvalue weighted by Crippen LogP contribution is 2.31. The van der Waals surface area contributed by atoms with E-state index in [2.05, 4.69) is 0 Å². The molecule has 0 aromatic heterocycles. The van der Waals surface area contributed by atoms with Crippen molar-refractivity contribution < 1.29 is 54.7 Å². The van der Waals surface area contributed by atoms with Gasteiger partial charge in [0.2, 0.25) is 6.29 Å². The maximum atomic E-state index is 10.7. The Balaban J connectivity index is 1.47. The fraction of sp³-hybridized carbons (Fsp3) is 0.545. The summed E-state index contributed by atoms with van der Waals surface area (Å²) in [6.45, 7) is -1.30. The van der Waals surface area contributed by atoms with Crippen LogP contribution in [-0.4, -0.2) is 110 Å². The van der Waals surface area contributed by atoms with Gasteiger partial charge >= 0.3 is 0 Å². The normalized spacial score (nSPS) is 39.5. The fourth-order valence-corrected chi connectivity index (χ4v) is 4.03. The molecule has 0 radical (unpaired) electrons. The predicted octanol–water partition coefficient (Wildman–Crippen LogP) is -2.16. The van der Waals surface area contributed by atoms with Gasteiger partial charge in [0.1, 0.15) is 54.6 Å². The zero-order valence-corrected chi connectivity index (χ0v) is 17.5. The van der Waals surface area contributed by atoms with Gasteiger partial charge in [0.25, 0.3) is 0 Å². The lowest BCUT2D eigenvalue weighted by molar-refractivity contribution is -0.352. The first-order valence-electron chi connectivity index (χ1n) is 10.6. The summed E-state index contributed by atoms with van der Waals surface area (Å²) in [7, 11) is 0. The van der Waals surface area contributed by atoms with Gasteiger partial charge in [-0.1, -0.05) is 30.3 Å². The standard InChI is InChI=1S/C22H28O11/c23-8-13-15(25)16(26)18(28)22(31-13)33-20-14(9-24)32-21(19(29)17(20)27)30-12-6-5-10-3-1-2-4-11(10)7-12/h1-7,13-29H,8-9H2/t13-,14-,15-,16+,17-,18-,19-,20-,21-,22+/m1/s1. The smallest absolute Gasteiger partial charge is 0.229 e. The van der Waals surface area contributed by atoms with Gasteiger partial charge in [-0.05, 0) is 22.9 Å². The van der Waals surface area contributed by atoms with Gasteiger partial charge in [0.05, 0.1) is 13.2 Å². The lowest BCUT2D eigenvalue weighted by atomic mass is 9.97. The largest absolute Gasteiger partial charge is 0.462 e. The maximum Gasteiger partial charge on any atom is 0.229 e. The molecule has 33 heavy (non-hydrogen) atoms. The van der Waals surface area contributed by atoms with Gasteiger partial charge < -0.3 is 54.7 Å². The molecule has 11 heteroatoms. The molecule has 0 unspecified atom stereocenters. The zero-order chi connectivity index (χ0) is 23.7. The molecular formula is C22H28O11. The highest BCUT2D eigenvalue weighted by Gasteiger charge is 2.51. The quantitative estimate of drug-likeness (QED) is 0.246. The Morgan fingerprint density at radius 3 is 2.00 bits per heavy atom. The molecule has 2 aliphatic rings. The Hall–Kier alpha value is -1.90. The Bertz CT molecular complexity index is 922. The van der Waals surface area contributed by atoms with Crippen LogP contribution in [0, 0.1) is 0 Å². The van der Waals surface area contributed by atoms with Gasteiger partial charge in [-0.25, -0.2) is 0 Å². The van der Waals surface area contributed by atoms with E-state index < -0.39 is 74.6 Å². The van der Waals surface area contributed by atoms with Crippen molar-refractivity contribution in [2.75, 3.05) is 13.2 Å². The van der Waals surface area contributed by atoms with Crippen LogP contribution in [0.15, 0.2) is 42.5 Å². The molecule has 2 fully saturated rings. The molecule has 7 N–H and O–H groups in total. The van der Waals surface area contributed by atoms with Crippen LogP contribution in [0.4, 0.5) is 0 Å². The average Bonchev–Trinajstić information content (AvgIpc) is 2.83. The molecule has 10 atom stereocenters. The van der Waals surface area contributed by atoms with Crippen molar-refractivity contribution in [2.24, 2.45) is 0 Å². The van der Waals surface area contributed by atoms with Crippen LogP contribution in [0.1, 0.15) is 0 Å². The summed E-state index contributed by atoms with van der Waals surface area (Å²) in [6.07, 6.45) is -15.0. The van der Waals surface area contributed by atoms with Crippen LogP contribution < -0.4 is 4.74 Å². The van der Waals surface area contributed by atoms with Gasteiger partial charge in [-0.3, -0.25) is 0 Å². The highest BCUT2D eigenvalue weighted by atomic mass is 16.7. The molecule has 0 amide bonds. The number of rotatable bonds is 6. The number of hydrogen-bond acceptors (Lipinski definition) is 11. The van der Waals surface area contributed by atoms with E-state index in [4.69, 9.17) is 18.9 Å². The van der Waals surface area contributed by atoms with Gasteiger partial charge in [0, 0.05) is 0 Å². The third-order valence-electron chi connectivity index (χ3n) is 5.93. The van der Waals surface area contributed by atoms with E-state index in [1.165, 1.54) is 0 Å². The number of aliphatic hydroxyl groups excluding tert-OH is 7. The van der Waals surface area contributed by atoms with E-state index in [1.807, 2.05) is 30.3 Å². The van der Waals surface area contributed by atoms with Crippen LogP contribution in [0.5, 0.6) is 5.75 Å². The summed E-state index contributed by atoms with van der Waals surface area (Å²) in [5, 5.41) is 72.3. The molecule has 4 rings (SSSR count). The van der Waals surface area contributed by atoms with Crippen LogP contribution in [0.2, 0.25) is 0 Å². The zero-order valence-electron chi connectivity index (χ0n) is 17.5. The van der Waals surface area contributed by atoms with Crippen LogP contribution >= 0.6 is 0 Å². The summed E-state index contributed by atoms with van der Waals surface area (Å²) in [4.78, 5) is 0. The van der Waals surface area contributed by atoms with Gasteiger partial charge in [-0.15, -0.1) is 0 Å². The summed E-state index contributed by atoms with van der Waals surface area (Å²) in [5.41, 5.74) is 0. The molecule has 2 heterocycles. The lowest BCUT2D eigenvalue weighted by Gasteiger charge is -2.45. The molecule has 2 saturated heterocycles. The molecule has 2 aromatic rings. The van der Waals surface area contributed by atoms with E-state index in [-0.39, 0.29) is 0 Å². The van der Waals surface area contributed by atoms with E-state index in [0.717, 1.165) is 10.8 Å². The first-order chi connectivity index (χ1) is 15.8. The number of hydrogen-bond donors (Lipinski definition) is 7. The minimum absolute atomic E-state index is 0.370. The molecule has 11 nitrogen and oxygen atoms in total. The highest BCUT2D eigenvalue weighted by molar-refractivity contribution is 5.83. The summed E-state index contributed by atoms with van der Waals surface area (Å²) >= 11 is 0. The number of benzene rings is 2. The van der Waals surface area contributed by atoms with E-state index in [0.29, 0.717) is 5.75 Å². The minimum Gasteiger partial charge on any atom is -0.462 e. The topological polar surface area (TPSA) is 179 Å². The second-order valence-corrected chi connectivity index (χ2v) is 8.13. The summed E-state index contributed by atoms with van der Waals surface area (Å²) in [6, 6.07) is 12.8. The lowest BCUT2D eigenvalue weighted by Crippen LogP contribution is -2.65. The van der Waals surface area contributed by atoms with Crippen LogP contribution in [-0.2, 0) is 14.2 Å². The molecule has 182 valence electrons. The Labute approximate surface area is 188 Å². The van der Waals surface area contributed by atoms with Crippen molar-refractivity contribution >= 4 is 10.8 Å². The van der Waals surface area contributed by atoms with Crippen molar-refractivity contribution in [1.29, 1.82) is 0 Å². The first-order valence-corrected chi connectivity index (χ1v) is 10.6. The van der Waals surface area contributed by atoms with Crippen molar-refractivity contribution in [3.8, 4) is 5.75 Å². The molecule has 0 bridgehead atoms. The number of ether oxygens (including phenoxy) is 4. The molecule has 2 aliphatic heterocycles. The molecule has 2 aromatic carbocycles. The predicted molar refractivity (Wildman–Crippen MR) is 111 cm³/mol. The van der Waals surface area contributed by atoms with Crippen molar-refractivity contribution in [1.82, 2.24) is 0 Å². The van der Waals surface area contributed by atoms with Crippen molar-refractivity contribution in [3.63, 3.8) is 0 Å². The monoisotopic (exact) mass is 468 g/mol. The summed E-state index contributed by atoms with van der Waals surface area (Å²) in [5.74, 6) is 0.370. The second kappa shape index (κ2) is 10.2. The Kier molecular flexibility index (Phi) is 7.46. The van der Waals surface area contributed by atoms with E-state index >= 15 is 0 Å². The number of fused-ring (bicyclic) bond motifs is 1. The molecule has 0 spiro atoms. The van der Waals surface area contributed by atoms with Crippen molar-refractivity contribution in [3.05, 3.63) is 42.5 Å². The summed E-state index contributed by atoms with van der Waals surface area (Å²) < 4.78 is 22.1. The van der Waals surface area contributed by atoms with Crippen LogP contribution in [0.3, 0.4) is 0 Å². The average molecular weight is 468 g/mol. The van der Waals surface area contributed by atoms with Crippen molar-refractivity contribution in [2.45, 2.75) is 61.4 Å². The Morgan fingerprint density at radius 1 is 0.667 bits per heavy atom. The third-order valence-corrected chi connectivity index (χ3v) is 5.93. The van der Waals surface area contributed by atoms with Gasteiger partial charge in [0.15, 0.2) is 6.29 Å². The SMILES string of the molecule is OC[C@H]1O[C@@H](O[C@H]2[C@H](O)[C@@H](O)[C@H](Oc3ccc4ccccc4c3)O[C@@H]2CO)[C@H](O)[C@@H](O)[C@@H]1O. The molecule has 0 saturated carbocycles. The van der Waals surface area contributed by atoms with Gasteiger partial charge in [-0.2, -0.15) is 0 Å². The molecular weight excluding hydrogens is 440 g/mol. The third kappa shape index (κ3) is 4.84. The van der Waals surface area contributed by atoms with Crippen LogP contribution in [0.25, 0.3) is 10.8 Å². The first kappa shape index (κ1) is 24.2. The van der Waals surface area contributed by atoms with E-state index in [1.54, 1.807) is 12.1 Å². The Morgan fingerprint density at radius 2 is 1.30 bits per heavy atom. The second-order valence-electron chi connectivity index (χ2n) is 8.13. The maximum absolute atomic E-state index is 10.7. The number of aliphatic hydroxyl groups is 7.